The van der Waals surface area contributed by atoms with Crippen LogP contribution >= 0.6 is 23.2 Å². The van der Waals surface area contributed by atoms with Gasteiger partial charge in [0.15, 0.2) is 5.75 Å². The van der Waals surface area contributed by atoms with Crippen LogP contribution in [0.5, 0.6) is 5.75 Å². The molecular weight excluding hydrogens is 303 g/mol. The van der Waals surface area contributed by atoms with Crippen LogP contribution in [-0.4, -0.2) is 27.8 Å². The second kappa shape index (κ2) is 6.11. The summed E-state index contributed by atoms with van der Waals surface area (Å²) < 4.78 is 6.49. The minimum atomic E-state index is -0.503. The smallest absolute Gasteiger partial charge is 0.249 e. The lowest BCUT2D eigenvalue weighted by molar-refractivity contribution is -0.119. The molecule has 2 rings (SSSR count). The van der Waals surface area contributed by atoms with Crippen LogP contribution in [0.15, 0.2) is 24.8 Å². The van der Waals surface area contributed by atoms with Crippen molar-refractivity contribution >= 4 is 34.8 Å². The van der Waals surface area contributed by atoms with E-state index in [0.29, 0.717) is 21.5 Å². The van der Waals surface area contributed by atoms with Crippen molar-refractivity contribution in [3.8, 4) is 5.75 Å². The maximum atomic E-state index is 12.1. The second-order valence-corrected chi connectivity index (χ2v) is 4.83. The highest BCUT2D eigenvalue weighted by molar-refractivity contribution is 6.37. The number of hydrogen-bond acceptors (Lipinski definition) is 4. The summed E-state index contributed by atoms with van der Waals surface area (Å²) in [4.78, 5) is 15.9. The van der Waals surface area contributed by atoms with Crippen molar-refractivity contribution in [2.45, 2.75) is 13.0 Å². The van der Waals surface area contributed by atoms with E-state index in [4.69, 9.17) is 27.9 Å². The molecule has 1 amide bonds. The van der Waals surface area contributed by atoms with Crippen LogP contribution < -0.4 is 10.1 Å². The van der Waals surface area contributed by atoms with E-state index in [1.165, 1.54) is 24.4 Å². The number of carbonyl (C=O) groups is 1. The Bertz CT molecular complexity index is 593. The van der Waals surface area contributed by atoms with Gasteiger partial charge in [0.25, 0.3) is 0 Å². The summed E-state index contributed by atoms with van der Waals surface area (Å²) >= 11 is 12.0. The molecule has 1 atom stereocenters. The van der Waals surface area contributed by atoms with E-state index in [2.05, 4.69) is 15.4 Å². The predicted molar refractivity (Wildman–Crippen MR) is 76.4 cm³/mol. The monoisotopic (exact) mass is 314 g/mol. The first-order valence-corrected chi connectivity index (χ1v) is 6.46. The highest BCUT2D eigenvalue weighted by atomic mass is 35.5. The van der Waals surface area contributed by atoms with Crippen LogP contribution in [0.4, 0.5) is 5.69 Å². The topological polar surface area (TPSA) is 69.0 Å². The maximum Gasteiger partial charge on any atom is 0.249 e. The Balaban J connectivity index is 2.16. The van der Waals surface area contributed by atoms with Crippen LogP contribution in [0, 0.1) is 0 Å². The molecule has 1 heterocycles. The van der Waals surface area contributed by atoms with Gasteiger partial charge in [0.05, 0.1) is 17.2 Å². The summed E-state index contributed by atoms with van der Waals surface area (Å²) in [5.74, 6) is 0.114. The van der Waals surface area contributed by atoms with Crippen molar-refractivity contribution in [2.75, 3.05) is 12.4 Å². The quantitative estimate of drug-likeness (QED) is 0.942. The van der Waals surface area contributed by atoms with Gasteiger partial charge in [-0.3, -0.25) is 4.79 Å². The number of nitrogens with zero attached hydrogens (tertiary/aromatic N) is 3. The van der Waals surface area contributed by atoms with Gasteiger partial charge in [-0.05, 0) is 19.1 Å². The van der Waals surface area contributed by atoms with E-state index in [0.717, 1.165) is 0 Å². The van der Waals surface area contributed by atoms with E-state index in [1.54, 1.807) is 19.1 Å². The van der Waals surface area contributed by atoms with Gasteiger partial charge in [0, 0.05) is 5.69 Å². The Hall–Kier alpha value is -1.79. The number of nitrogens with one attached hydrogen (secondary N) is 1. The molecule has 1 aromatic heterocycles. The largest absolute Gasteiger partial charge is 0.494 e. The van der Waals surface area contributed by atoms with Gasteiger partial charge < -0.3 is 10.1 Å². The third-order valence-electron chi connectivity index (χ3n) is 2.68. The van der Waals surface area contributed by atoms with Crippen molar-refractivity contribution in [1.29, 1.82) is 0 Å². The fraction of sp³-hybridized carbons (Fsp3) is 0.250. The van der Waals surface area contributed by atoms with E-state index < -0.39 is 6.04 Å². The number of methoxy groups -OCH3 is 1. The third kappa shape index (κ3) is 3.02. The van der Waals surface area contributed by atoms with Crippen molar-refractivity contribution in [2.24, 2.45) is 0 Å². The Morgan fingerprint density at radius 2 is 2.05 bits per heavy atom. The molecule has 8 heteroatoms. The van der Waals surface area contributed by atoms with Gasteiger partial charge in [-0.2, -0.15) is 5.10 Å². The molecule has 1 unspecified atom stereocenters. The van der Waals surface area contributed by atoms with E-state index >= 15 is 0 Å². The van der Waals surface area contributed by atoms with Gasteiger partial charge in [0.1, 0.15) is 18.7 Å². The number of benzene rings is 1. The zero-order valence-corrected chi connectivity index (χ0v) is 12.3. The Labute approximate surface area is 125 Å². The fourth-order valence-electron chi connectivity index (χ4n) is 1.61. The Kier molecular flexibility index (Phi) is 4.46. The number of rotatable bonds is 4. The van der Waals surface area contributed by atoms with Gasteiger partial charge in [-0.1, -0.05) is 23.2 Å². The number of ether oxygens (including phenoxy) is 1. The third-order valence-corrected chi connectivity index (χ3v) is 3.24. The second-order valence-electron chi connectivity index (χ2n) is 4.01. The maximum absolute atomic E-state index is 12.1. The zero-order chi connectivity index (χ0) is 14.7. The average molecular weight is 315 g/mol. The van der Waals surface area contributed by atoms with E-state index in [-0.39, 0.29) is 5.91 Å². The molecule has 1 N–H and O–H groups in total. The zero-order valence-electron chi connectivity index (χ0n) is 10.8. The summed E-state index contributed by atoms with van der Waals surface area (Å²) in [5, 5.41) is 7.27. The molecule has 1 aromatic carbocycles. The van der Waals surface area contributed by atoms with Crippen molar-refractivity contribution in [3.05, 3.63) is 34.8 Å². The normalized spacial score (nSPS) is 12.0. The fourth-order valence-corrected chi connectivity index (χ4v) is 2.25. The lowest BCUT2D eigenvalue weighted by atomic mass is 10.2. The standard InChI is InChI=1S/C12H12Cl2N4O2/c1-7(18-6-15-5-16-18)12(19)17-8-3-9(13)11(20-2)10(14)4-8/h3-7H,1-2H3,(H,17,19). The number of hydrogen-bond donors (Lipinski definition) is 1. The summed E-state index contributed by atoms with van der Waals surface area (Å²) in [7, 11) is 1.47. The molecule has 0 saturated carbocycles. The molecule has 0 radical (unpaired) electrons. The van der Waals surface area contributed by atoms with E-state index in [1.807, 2.05) is 0 Å². The molecule has 20 heavy (non-hydrogen) atoms. The molecule has 0 bridgehead atoms. The van der Waals surface area contributed by atoms with Crippen LogP contribution in [0.3, 0.4) is 0 Å². The number of aromatic nitrogens is 3. The minimum absolute atomic E-state index is 0.257. The molecule has 0 aliphatic heterocycles. The lowest BCUT2D eigenvalue weighted by Gasteiger charge is -2.13. The van der Waals surface area contributed by atoms with Gasteiger partial charge in [-0.25, -0.2) is 9.67 Å². The lowest BCUT2D eigenvalue weighted by Crippen LogP contribution is -2.24. The molecule has 0 aliphatic carbocycles. The molecule has 0 fully saturated rings. The van der Waals surface area contributed by atoms with E-state index in [9.17, 15) is 4.79 Å². The number of anilines is 1. The first kappa shape index (κ1) is 14.6. The summed E-state index contributed by atoms with van der Waals surface area (Å²) in [6, 6.07) is 2.63. The molecule has 6 nitrogen and oxygen atoms in total. The molecule has 0 spiro atoms. The van der Waals surface area contributed by atoms with Crippen LogP contribution in [0.25, 0.3) is 0 Å². The molecule has 0 aliphatic rings. The van der Waals surface area contributed by atoms with Crippen LogP contribution in [0.1, 0.15) is 13.0 Å². The van der Waals surface area contributed by atoms with Gasteiger partial charge >= 0.3 is 0 Å². The SMILES string of the molecule is COc1c(Cl)cc(NC(=O)C(C)n2cncn2)cc1Cl. The average Bonchev–Trinajstić information content (AvgIpc) is 2.91. The summed E-state index contributed by atoms with van der Waals surface area (Å²) in [6.45, 7) is 1.71. The highest BCUT2D eigenvalue weighted by Crippen LogP contribution is 2.35. The van der Waals surface area contributed by atoms with Crippen LogP contribution in [-0.2, 0) is 4.79 Å². The minimum Gasteiger partial charge on any atom is -0.494 e. The first-order valence-electron chi connectivity index (χ1n) is 5.71. The highest BCUT2D eigenvalue weighted by Gasteiger charge is 2.17. The summed E-state index contributed by atoms with van der Waals surface area (Å²) in [6.07, 6.45) is 2.84. The van der Waals surface area contributed by atoms with Crippen molar-refractivity contribution in [1.82, 2.24) is 14.8 Å². The first-order chi connectivity index (χ1) is 9.52. The predicted octanol–water partition coefficient (Wildman–Crippen LogP) is 2.79. The molecule has 106 valence electrons. The van der Waals surface area contributed by atoms with Gasteiger partial charge in [-0.15, -0.1) is 0 Å². The molecule has 2 aromatic rings. The number of halogens is 2. The van der Waals surface area contributed by atoms with Crippen molar-refractivity contribution < 1.29 is 9.53 Å². The van der Waals surface area contributed by atoms with Gasteiger partial charge in [0.2, 0.25) is 5.91 Å². The Morgan fingerprint density at radius 3 is 2.55 bits per heavy atom. The molecular formula is C12H12Cl2N4O2. The molecule has 0 saturated heterocycles. The Morgan fingerprint density at radius 1 is 1.40 bits per heavy atom. The number of amides is 1. The van der Waals surface area contributed by atoms with Crippen molar-refractivity contribution in [3.63, 3.8) is 0 Å². The number of carbonyl (C=O) groups excluding carboxylic acids is 1. The summed E-state index contributed by atoms with van der Waals surface area (Å²) in [5.41, 5.74) is 0.484. The van der Waals surface area contributed by atoms with Crippen LogP contribution in [0.2, 0.25) is 10.0 Å².